The van der Waals surface area contributed by atoms with Crippen molar-refractivity contribution in [1.29, 1.82) is 0 Å². The molecule has 1 atom stereocenters. The molecule has 0 unspecified atom stereocenters. The molecule has 1 rings (SSSR count). The Morgan fingerprint density at radius 3 is 2.33 bits per heavy atom. The number of likely N-dealkylation sites (tertiary alicyclic amines) is 1. The van der Waals surface area contributed by atoms with Gasteiger partial charge in [0.1, 0.15) is 0 Å². The molecular formula is C10H21NO. The van der Waals surface area contributed by atoms with Crippen molar-refractivity contribution in [1.82, 2.24) is 4.90 Å². The van der Waals surface area contributed by atoms with Gasteiger partial charge in [-0.05, 0) is 18.3 Å². The molecule has 1 N–H and O–H groups in total. The van der Waals surface area contributed by atoms with Gasteiger partial charge in [0.05, 0.1) is 6.61 Å². The van der Waals surface area contributed by atoms with E-state index in [2.05, 4.69) is 25.7 Å². The molecular weight excluding hydrogens is 150 g/mol. The summed E-state index contributed by atoms with van der Waals surface area (Å²) < 4.78 is 0. The highest BCUT2D eigenvalue weighted by Crippen LogP contribution is 2.25. The van der Waals surface area contributed by atoms with Crippen molar-refractivity contribution in [2.45, 2.75) is 33.2 Å². The average Bonchev–Trinajstić information content (AvgIpc) is 1.94. The summed E-state index contributed by atoms with van der Waals surface area (Å²) in [4.78, 5) is 2.39. The lowest BCUT2D eigenvalue weighted by Gasteiger charge is -2.45. The molecule has 2 nitrogen and oxygen atoms in total. The van der Waals surface area contributed by atoms with Crippen molar-refractivity contribution in [2.75, 3.05) is 19.7 Å². The standard InChI is InChI=1S/C10H21NO/c1-4-10(7-12)11-5-9(6-11)8(2)3/h8-10,12H,4-7H2,1-3H3/t10-/m1/s1. The number of aliphatic hydroxyl groups excluding tert-OH is 1. The van der Waals surface area contributed by atoms with Crippen molar-refractivity contribution < 1.29 is 5.11 Å². The van der Waals surface area contributed by atoms with Crippen LogP contribution in [0.15, 0.2) is 0 Å². The quantitative estimate of drug-likeness (QED) is 0.690. The van der Waals surface area contributed by atoms with Crippen LogP contribution in [-0.2, 0) is 0 Å². The molecule has 0 aromatic rings. The van der Waals surface area contributed by atoms with E-state index in [9.17, 15) is 0 Å². The van der Waals surface area contributed by atoms with Crippen molar-refractivity contribution in [3.8, 4) is 0 Å². The van der Waals surface area contributed by atoms with E-state index in [-0.39, 0.29) is 0 Å². The molecule has 0 aromatic carbocycles. The SMILES string of the molecule is CC[C@H](CO)N1CC(C(C)C)C1. The summed E-state index contributed by atoms with van der Waals surface area (Å²) in [5.74, 6) is 1.67. The van der Waals surface area contributed by atoms with Gasteiger partial charge >= 0.3 is 0 Å². The topological polar surface area (TPSA) is 23.5 Å². The minimum absolute atomic E-state index is 0.321. The Morgan fingerprint density at radius 2 is 2.00 bits per heavy atom. The van der Waals surface area contributed by atoms with Gasteiger partial charge < -0.3 is 5.11 Å². The van der Waals surface area contributed by atoms with Crippen LogP contribution < -0.4 is 0 Å². The molecule has 12 heavy (non-hydrogen) atoms. The summed E-state index contributed by atoms with van der Waals surface area (Å²) in [5, 5.41) is 9.04. The lowest BCUT2D eigenvalue weighted by Crippen LogP contribution is -2.54. The van der Waals surface area contributed by atoms with Gasteiger partial charge in [-0.3, -0.25) is 4.90 Å². The van der Waals surface area contributed by atoms with Crippen LogP contribution in [0.25, 0.3) is 0 Å². The molecule has 0 saturated carbocycles. The van der Waals surface area contributed by atoms with Gasteiger partial charge in [-0.1, -0.05) is 20.8 Å². The summed E-state index contributed by atoms with van der Waals surface area (Å²) >= 11 is 0. The maximum Gasteiger partial charge on any atom is 0.0586 e. The Balaban J connectivity index is 2.23. The van der Waals surface area contributed by atoms with Gasteiger partial charge in [0.15, 0.2) is 0 Å². The molecule has 0 aromatic heterocycles. The Bertz CT molecular complexity index is 126. The zero-order valence-corrected chi connectivity index (χ0v) is 8.45. The van der Waals surface area contributed by atoms with E-state index >= 15 is 0 Å². The highest BCUT2D eigenvalue weighted by Gasteiger charge is 2.32. The monoisotopic (exact) mass is 171 g/mol. The minimum Gasteiger partial charge on any atom is -0.395 e. The van der Waals surface area contributed by atoms with Crippen molar-refractivity contribution in [3.05, 3.63) is 0 Å². The molecule has 1 aliphatic heterocycles. The molecule has 0 bridgehead atoms. The lowest BCUT2D eigenvalue weighted by atomic mass is 9.87. The van der Waals surface area contributed by atoms with Crippen LogP contribution in [0.3, 0.4) is 0 Å². The molecule has 1 aliphatic rings. The van der Waals surface area contributed by atoms with E-state index < -0.39 is 0 Å². The van der Waals surface area contributed by atoms with E-state index in [4.69, 9.17) is 5.11 Å². The van der Waals surface area contributed by atoms with Gasteiger partial charge in [0.2, 0.25) is 0 Å². The molecule has 1 heterocycles. The third-order valence-electron chi connectivity index (χ3n) is 3.08. The molecule has 0 radical (unpaired) electrons. The Morgan fingerprint density at radius 1 is 1.42 bits per heavy atom. The normalized spacial score (nSPS) is 22.8. The summed E-state index contributed by atoms with van der Waals surface area (Å²) in [7, 11) is 0. The van der Waals surface area contributed by atoms with Crippen molar-refractivity contribution >= 4 is 0 Å². The van der Waals surface area contributed by atoms with Crippen LogP contribution in [0.2, 0.25) is 0 Å². The number of rotatable bonds is 4. The molecule has 72 valence electrons. The first kappa shape index (κ1) is 10.0. The van der Waals surface area contributed by atoms with E-state index in [0.29, 0.717) is 12.6 Å². The average molecular weight is 171 g/mol. The van der Waals surface area contributed by atoms with Gasteiger partial charge in [0.25, 0.3) is 0 Å². The number of hydrogen-bond donors (Lipinski definition) is 1. The van der Waals surface area contributed by atoms with Crippen LogP contribution in [0.1, 0.15) is 27.2 Å². The zero-order chi connectivity index (χ0) is 9.14. The molecule has 1 fully saturated rings. The van der Waals surface area contributed by atoms with E-state index in [1.165, 1.54) is 13.1 Å². The van der Waals surface area contributed by atoms with Crippen LogP contribution in [0, 0.1) is 11.8 Å². The minimum atomic E-state index is 0.321. The van der Waals surface area contributed by atoms with Gasteiger partial charge in [-0.2, -0.15) is 0 Å². The fourth-order valence-electron chi connectivity index (χ4n) is 1.77. The first-order chi connectivity index (χ1) is 5.69. The Labute approximate surface area is 75.6 Å². The van der Waals surface area contributed by atoms with Crippen LogP contribution in [0.4, 0.5) is 0 Å². The Kier molecular flexibility index (Phi) is 3.53. The maximum atomic E-state index is 9.04. The summed E-state index contributed by atoms with van der Waals surface area (Å²) in [6, 6.07) is 0.417. The van der Waals surface area contributed by atoms with Gasteiger partial charge in [-0.25, -0.2) is 0 Å². The molecule has 0 spiro atoms. The summed E-state index contributed by atoms with van der Waals surface area (Å²) in [6.45, 7) is 9.40. The summed E-state index contributed by atoms with van der Waals surface area (Å²) in [6.07, 6.45) is 1.07. The fraction of sp³-hybridized carbons (Fsp3) is 1.00. The second kappa shape index (κ2) is 4.24. The van der Waals surface area contributed by atoms with Crippen molar-refractivity contribution in [2.24, 2.45) is 11.8 Å². The highest BCUT2D eigenvalue weighted by atomic mass is 16.3. The van der Waals surface area contributed by atoms with E-state index in [1.54, 1.807) is 0 Å². The molecule has 2 heteroatoms. The third kappa shape index (κ3) is 1.99. The van der Waals surface area contributed by atoms with Crippen LogP contribution >= 0.6 is 0 Å². The zero-order valence-electron chi connectivity index (χ0n) is 8.45. The van der Waals surface area contributed by atoms with Gasteiger partial charge in [0, 0.05) is 19.1 Å². The second-order valence-corrected chi connectivity index (χ2v) is 4.20. The fourth-order valence-corrected chi connectivity index (χ4v) is 1.77. The second-order valence-electron chi connectivity index (χ2n) is 4.20. The number of hydrogen-bond acceptors (Lipinski definition) is 2. The Hall–Kier alpha value is -0.0800. The molecule has 1 saturated heterocycles. The lowest BCUT2D eigenvalue weighted by molar-refractivity contribution is 0.00357. The van der Waals surface area contributed by atoms with E-state index in [1.807, 2.05) is 0 Å². The van der Waals surface area contributed by atoms with Crippen molar-refractivity contribution in [3.63, 3.8) is 0 Å². The number of aliphatic hydroxyl groups is 1. The van der Waals surface area contributed by atoms with Crippen LogP contribution in [0.5, 0.6) is 0 Å². The maximum absolute atomic E-state index is 9.04. The number of nitrogens with zero attached hydrogens (tertiary/aromatic N) is 1. The van der Waals surface area contributed by atoms with Crippen LogP contribution in [-0.4, -0.2) is 35.7 Å². The van der Waals surface area contributed by atoms with E-state index in [0.717, 1.165) is 18.3 Å². The predicted molar refractivity (Wildman–Crippen MR) is 51.1 cm³/mol. The smallest absolute Gasteiger partial charge is 0.0586 e. The largest absolute Gasteiger partial charge is 0.395 e. The van der Waals surface area contributed by atoms with Gasteiger partial charge in [-0.15, -0.1) is 0 Å². The highest BCUT2D eigenvalue weighted by molar-refractivity contribution is 4.85. The first-order valence-electron chi connectivity index (χ1n) is 5.04. The first-order valence-corrected chi connectivity index (χ1v) is 5.04. The molecule has 0 amide bonds. The third-order valence-corrected chi connectivity index (χ3v) is 3.08. The molecule has 0 aliphatic carbocycles. The predicted octanol–water partition coefficient (Wildman–Crippen LogP) is 1.35. The summed E-state index contributed by atoms with van der Waals surface area (Å²) in [5.41, 5.74) is 0.